The largest absolute Gasteiger partial charge is 0.489 e. The van der Waals surface area contributed by atoms with Crippen molar-refractivity contribution >= 4 is 0 Å². The van der Waals surface area contributed by atoms with E-state index in [4.69, 9.17) is 10.5 Å². The summed E-state index contributed by atoms with van der Waals surface area (Å²) in [5.74, 6) is 0.792. The lowest BCUT2D eigenvalue weighted by Crippen LogP contribution is -2.32. The van der Waals surface area contributed by atoms with Crippen LogP contribution in [0.3, 0.4) is 0 Å². The summed E-state index contributed by atoms with van der Waals surface area (Å²) in [5, 5.41) is 9.44. The van der Waals surface area contributed by atoms with Gasteiger partial charge in [-0.3, -0.25) is 0 Å². The fourth-order valence-electron chi connectivity index (χ4n) is 2.09. The van der Waals surface area contributed by atoms with Gasteiger partial charge in [-0.2, -0.15) is 0 Å². The maximum absolute atomic E-state index is 9.44. The van der Waals surface area contributed by atoms with Gasteiger partial charge in [-0.05, 0) is 23.3 Å². The lowest BCUT2D eigenvalue weighted by Gasteiger charge is -2.29. The second kappa shape index (κ2) is 6.74. The third-order valence-corrected chi connectivity index (χ3v) is 3.71. The van der Waals surface area contributed by atoms with Crippen LogP contribution in [0.4, 0.5) is 0 Å². The highest BCUT2D eigenvalue weighted by molar-refractivity contribution is 5.31. The van der Waals surface area contributed by atoms with Crippen molar-refractivity contribution in [3.05, 3.63) is 65.7 Å². The van der Waals surface area contributed by atoms with Crippen LogP contribution in [0.1, 0.15) is 31.0 Å². The van der Waals surface area contributed by atoms with Crippen molar-refractivity contribution in [1.82, 2.24) is 0 Å². The van der Waals surface area contributed by atoms with E-state index in [1.807, 2.05) is 68.4 Å². The second-order valence-electron chi connectivity index (χ2n) is 5.97. The van der Waals surface area contributed by atoms with Crippen LogP contribution in [0.2, 0.25) is 0 Å². The summed E-state index contributed by atoms with van der Waals surface area (Å²) in [6, 6.07) is 17.6. The third-order valence-electron chi connectivity index (χ3n) is 3.71. The Morgan fingerprint density at radius 1 is 1.10 bits per heavy atom. The molecule has 0 aliphatic carbocycles. The van der Waals surface area contributed by atoms with Gasteiger partial charge >= 0.3 is 0 Å². The molecule has 1 atom stereocenters. The van der Waals surface area contributed by atoms with Crippen molar-refractivity contribution in [2.45, 2.75) is 26.5 Å². The van der Waals surface area contributed by atoms with Crippen molar-refractivity contribution in [1.29, 1.82) is 0 Å². The molecule has 0 spiro atoms. The molecular formula is C18H23NO2. The molecule has 3 nitrogen and oxygen atoms in total. The zero-order chi connectivity index (χ0) is 15.3. The Labute approximate surface area is 126 Å². The van der Waals surface area contributed by atoms with Gasteiger partial charge in [-0.1, -0.05) is 56.3 Å². The van der Waals surface area contributed by atoms with Crippen LogP contribution < -0.4 is 10.5 Å². The fourth-order valence-corrected chi connectivity index (χ4v) is 2.09. The van der Waals surface area contributed by atoms with Gasteiger partial charge in [0, 0.05) is 18.1 Å². The van der Waals surface area contributed by atoms with E-state index in [2.05, 4.69) is 0 Å². The quantitative estimate of drug-likeness (QED) is 0.856. The molecule has 3 N–H and O–H groups in total. The van der Waals surface area contributed by atoms with Crippen molar-refractivity contribution in [3.8, 4) is 5.75 Å². The van der Waals surface area contributed by atoms with Crippen LogP contribution in [-0.2, 0) is 6.61 Å². The average molecular weight is 285 g/mol. The predicted octanol–water partition coefficient (Wildman–Crippen LogP) is 3.28. The zero-order valence-corrected chi connectivity index (χ0v) is 12.6. The van der Waals surface area contributed by atoms with Crippen LogP contribution in [0.5, 0.6) is 5.75 Å². The first kappa shape index (κ1) is 15.5. The van der Waals surface area contributed by atoms with Crippen LogP contribution in [0.15, 0.2) is 54.6 Å². The Bertz CT molecular complexity index is 566. The predicted molar refractivity (Wildman–Crippen MR) is 85.0 cm³/mol. The van der Waals surface area contributed by atoms with Crippen LogP contribution in [0, 0.1) is 5.41 Å². The van der Waals surface area contributed by atoms with Gasteiger partial charge in [0.1, 0.15) is 12.4 Å². The molecule has 2 rings (SSSR count). The highest BCUT2D eigenvalue weighted by Crippen LogP contribution is 2.32. The van der Waals surface area contributed by atoms with E-state index in [9.17, 15) is 5.11 Å². The summed E-state index contributed by atoms with van der Waals surface area (Å²) in [7, 11) is 0. The number of aliphatic hydroxyl groups excluding tert-OH is 1. The van der Waals surface area contributed by atoms with Crippen LogP contribution >= 0.6 is 0 Å². The van der Waals surface area contributed by atoms with E-state index in [0.29, 0.717) is 6.61 Å². The molecule has 21 heavy (non-hydrogen) atoms. The second-order valence-corrected chi connectivity index (χ2v) is 5.97. The summed E-state index contributed by atoms with van der Waals surface area (Å²) in [6.07, 6.45) is 0. The van der Waals surface area contributed by atoms with E-state index in [-0.39, 0.29) is 18.1 Å². The van der Waals surface area contributed by atoms with Crippen LogP contribution in [-0.4, -0.2) is 11.7 Å². The van der Waals surface area contributed by atoms with Gasteiger partial charge in [0.2, 0.25) is 0 Å². The monoisotopic (exact) mass is 285 g/mol. The minimum Gasteiger partial charge on any atom is -0.489 e. The topological polar surface area (TPSA) is 55.5 Å². The normalized spacial score (nSPS) is 13.0. The summed E-state index contributed by atoms with van der Waals surface area (Å²) >= 11 is 0. The molecule has 3 heteroatoms. The number of ether oxygens (including phenoxy) is 1. The molecule has 0 aliphatic rings. The molecule has 0 fully saturated rings. The molecule has 0 saturated carbocycles. The molecule has 0 radical (unpaired) electrons. The van der Waals surface area contributed by atoms with Gasteiger partial charge in [0.25, 0.3) is 0 Å². The Morgan fingerprint density at radius 2 is 1.81 bits per heavy atom. The molecule has 0 aliphatic heterocycles. The molecule has 2 aromatic carbocycles. The SMILES string of the molecule is CC(C)(CO)[C@H](N)c1cccc(OCc2ccccc2)c1. The maximum Gasteiger partial charge on any atom is 0.120 e. The highest BCUT2D eigenvalue weighted by Gasteiger charge is 2.27. The molecule has 0 bridgehead atoms. The van der Waals surface area contributed by atoms with Gasteiger partial charge in [-0.15, -0.1) is 0 Å². The van der Waals surface area contributed by atoms with Crippen molar-refractivity contribution in [3.63, 3.8) is 0 Å². The smallest absolute Gasteiger partial charge is 0.120 e. The summed E-state index contributed by atoms with van der Waals surface area (Å²) in [4.78, 5) is 0. The number of rotatable bonds is 6. The molecule has 0 amide bonds. The lowest BCUT2D eigenvalue weighted by molar-refractivity contribution is 0.132. The van der Waals surface area contributed by atoms with E-state index in [0.717, 1.165) is 16.9 Å². The molecule has 0 unspecified atom stereocenters. The Balaban J connectivity index is 2.07. The van der Waals surface area contributed by atoms with Crippen molar-refractivity contribution < 1.29 is 9.84 Å². The molecule has 112 valence electrons. The van der Waals surface area contributed by atoms with E-state index >= 15 is 0 Å². The first-order valence-corrected chi connectivity index (χ1v) is 7.16. The van der Waals surface area contributed by atoms with Crippen molar-refractivity contribution in [2.75, 3.05) is 6.61 Å². The molecule has 0 heterocycles. The first-order valence-electron chi connectivity index (χ1n) is 7.16. The maximum atomic E-state index is 9.44. The number of aliphatic hydroxyl groups is 1. The zero-order valence-electron chi connectivity index (χ0n) is 12.6. The van der Waals surface area contributed by atoms with Gasteiger partial charge < -0.3 is 15.6 Å². The van der Waals surface area contributed by atoms with E-state index in [1.54, 1.807) is 0 Å². The van der Waals surface area contributed by atoms with Crippen LogP contribution in [0.25, 0.3) is 0 Å². The lowest BCUT2D eigenvalue weighted by atomic mass is 9.82. The summed E-state index contributed by atoms with van der Waals surface area (Å²) in [5.41, 5.74) is 7.98. The highest BCUT2D eigenvalue weighted by atomic mass is 16.5. The van der Waals surface area contributed by atoms with Gasteiger partial charge in [0.15, 0.2) is 0 Å². The van der Waals surface area contributed by atoms with Gasteiger partial charge in [0.05, 0.1) is 0 Å². The third kappa shape index (κ3) is 4.06. The minimum atomic E-state index is -0.363. The molecular weight excluding hydrogens is 262 g/mol. The molecule has 2 aromatic rings. The number of hydrogen-bond donors (Lipinski definition) is 2. The van der Waals surface area contributed by atoms with Gasteiger partial charge in [-0.25, -0.2) is 0 Å². The average Bonchev–Trinajstić information content (AvgIpc) is 2.53. The molecule has 0 aromatic heterocycles. The summed E-state index contributed by atoms with van der Waals surface area (Å²) in [6.45, 7) is 4.48. The Kier molecular flexibility index (Phi) is 4.99. The first-order chi connectivity index (χ1) is 10.0. The van der Waals surface area contributed by atoms with E-state index < -0.39 is 0 Å². The number of nitrogens with two attached hydrogens (primary N) is 1. The standard InChI is InChI=1S/C18H23NO2/c1-18(2,13-20)17(19)15-9-6-10-16(11-15)21-12-14-7-4-3-5-8-14/h3-11,17,20H,12-13,19H2,1-2H3/t17-/m1/s1. The minimum absolute atomic E-state index is 0.0449. The Hall–Kier alpha value is -1.84. The van der Waals surface area contributed by atoms with E-state index in [1.165, 1.54) is 0 Å². The number of hydrogen-bond acceptors (Lipinski definition) is 3. The summed E-state index contributed by atoms with van der Waals surface area (Å²) < 4.78 is 5.81. The Morgan fingerprint density at radius 3 is 2.48 bits per heavy atom. The van der Waals surface area contributed by atoms with Crippen molar-refractivity contribution in [2.24, 2.45) is 11.1 Å². The number of benzene rings is 2. The molecule has 0 saturated heterocycles. The fraction of sp³-hybridized carbons (Fsp3) is 0.333.